The number of methoxy groups -OCH3 is 1. The van der Waals surface area contributed by atoms with Gasteiger partial charge in [0.2, 0.25) is 15.9 Å². The van der Waals surface area contributed by atoms with Crippen molar-refractivity contribution in [3.8, 4) is 11.5 Å². The number of benzene rings is 2. The molecule has 2 heterocycles. The summed E-state index contributed by atoms with van der Waals surface area (Å²) >= 11 is 0. The third kappa shape index (κ3) is 4.67. The molecule has 2 N–H and O–H groups in total. The van der Waals surface area contributed by atoms with Crippen LogP contribution >= 0.6 is 0 Å². The van der Waals surface area contributed by atoms with Crippen LogP contribution in [0.15, 0.2) is 41.3 Å². The van der Waals surface area contributed by atoms with Gasteiger partial charge in [0.05, 0.1) is 23.6 Å². The van der Waals surface area contributed by atoms with Crippen LogP contribution in [0.1, 0.15) is 25.3 Å². The molecule has 1 fully saturated rings. The highest BCUT2D eigenvalue weighted by atomic mass is 32.2. The summed E-state index contributed by atoms with van der Waals surface area (Å²) in [6, 6.07) is 10.1. The molecule has 2 aromatic rings. The summed E-state index contributed by atoms with van der Waals surface area (Å²) < 4.78 is 39.1. The standard InChI is InChI=1S/C23H27N3O6S/c1-14-10-19-20(32-15(2)22(27)25-19)12-21(14)33(29,30)26-9-5-6-16(13-26)23(28)24-17-7-4-8-18(11-17)31-3/h4,7-8,10-12,15-16H,5-6,9,13H2,1-3H3,(H,24,28)(H,25,27)/t15-,16+/m1/s1. The first-order chi connectivity index (χ1) is 15.7. The van der Waals surface area contributed by atoms with Crippen LogP contribution in [0.4, 0.5) is 11.4 Å². The molecular formula is C23H27N3O6S. The van der Waals surface area contributed by atoms with E-state index in [4.69, 9.17) is 9.47 Å². The molecule has 1 saturated heterocycles. The van der Waals surface area contributed by atoms with Crippen molar-refractivity contribution < 1.29 is 27.5 Å². The molecule has 2 aromatic carbocycles. The molecule has 0 radical (unpaired) electrons. The molecule has 0 unspecified atom stereocenters. The molecular weight excluding hydrogens is 446 g/mol. The zero-order chi connectivity index (χ0) is 23.8. The smallest absolute Gasteiger partial charge is 0.265 e. The molecule has 0 saturated carbocycles. The molecule has 2 aliphatic heterocycles. The van der Waals surface area contributed by atoms with E-state index in [1.807, 2.05) is 0 Å². The zero-order valence-corrected chi connectivity index (χ0v) is 19.6. The van der Waals surface area contributed by atoms with Gasteiger partial charge in [-0.25, -0.2) is 8.42 Å². The van der Waals surface area contributed by atoms with Crippen molar-refractivity contribution in [1.82, 2.24) is 4.31 Å². The van der Waals surface area contributed by atoms with Crippen molar-refractivity contribution >= 4 is 33.2 Å². The Hall–Kier alpha value is -3.11. The highest BCUT2D eigenvalue weighted by molar-refractivity contribution is 7.89. The van der Waals surface area contributed by atoms with E-state index in [1.165, 1.54) is 10.4 Å². The number of anilines is 2. The number of sulfonamides is 1. The predicted molar refractivity (Wildman–Crippen MR) is 123 cm³/mol. The summed E-state index contributed by atoms with van der Waals surface area (Å²) in [4.78, 5) is 24.8. The molecule has 0 spiro atoms. The second-order valence-corrected chi connectivity index (χ2v) is 10.2. The van der Waals surface area contributed by atoms with Crippen LogP contribution < -0.4 is 20.1 Å². The molecule has 4 rings (SSSR count). The van der Waals surface area contributed by atoms with Gasteiger partial charge in [-0.15, -0.1) is 0 Å². The number of nitrogens with zero attached hydrogens (tertiary/aromatic N) is 1. The van der Waals surface area contributed by atoms with E-state index in [9.17, 15) is 18.0 Å². The highest BCUT2D eigenvalue weighted by Gasteiger charge is 2.35. The van der Waals surface area contributed by atoms with Crippen LogP contribution in [0.3, 0.4) is 0 Å². The van der Waals surface area contributed by atoms with Crippen LogP contribution in [0.25, 0.3) is 0 Å². The van der Waals surface area contributed by atoms with E-state index in [2.05, 4.69) is 10.6 Å². The maximum Gasteiger partial charge on any atom is 0.265 e. The SMILES string of the molecule is COc1cccc(NC(=O)[C@H]2CCCN(S(=O)(=O)c3cc4c(cc3C)NC(=O)[C@@H](C)O4)C2)c1. The molecule has 9 nitrogen and oxygen atoms in total. The fourth-order valence-corrected chi connectivity index (χ4v) is 5.83. The molecule has 2 atom stereocenters. The Morgan fingerprint density at radius 1 is 1.27 bits per heavy atom. The summed E-state index contributed by atoms with van der Waals surface area (Å²) in [5, 5.41) is 5.59. The van der Waals surface area contributed by atoms with Gasteiger partial charge in [0.15, 0.2) is 6.10 Å². The third-order valence-corrected chi connectivity index (χ3v) is 7.93. The first kappa shape index (κ1) is 23.1. The molecule has 0 aromatic heterocycles. The molecule has 0 aliphatic carbocycles. The van der Waals surface area contributed by atoms with E-state index in [0.29, 0.717) is 47.8 Å². The zero-order valence-electron chi connectivity index (χ0n) is 18.8. The van der Waals surface area contributed by atoms with Gasteiger partial charge in [-0.3, -0.25) is 9.59 Å². The quantitative estimate of drug-likeness (QED) is 0.690. The number of aryl methyl sites for hydroxylation is 1. The Morgan fingerprint density at radius 3 is 2.82 bits per heavy atom. The molecule has 33 heavy (non-hydrogen) atoms. The first-order valence-corrected chi connectivity index (χ1v) is 12.2. The number of fused-ring (bicyclic) bond motifs is 1. The Labute approximate surface area is 193 Å². The maximum absolute atomic E-state index is 13.5. The fraction of sp³-hybridized carbons (Fsp3) is 0.391. The Balaban J connectivity index is 1.53. The van der Waals surface area contributed by atoms with Gasteiger partial charge in [0.25, 0.3) is 5.91 Å². The van der Waals surface area contributed by atoms with E-state index in [1.54, 1.807) is 51.3 Å². The van der Waals surface area contributed by atoms with Crippen molar-refractivity contribution in [2.75, 3.05) is 30.8 Å². The summed E-state index contributed by atoms with van der Waals surface area (Å²) in [6.07, 6.45) is 0.455. The number of rotatable bonds is 5. The van der Waals surface area contributed by atoms with Gasteiger partial charge in [0.1, 0.15) is 11.5 Å². The van der Waals surface area contributed by atoms with E-state index in [0.717, 1.165) is 0 Å². The number of amides is 2. The first-order valence-electron chi connectivity index (χ1n) is 10.8. The Kier molecular flexibility index (Phi) is 6.31. The second kappa shape index (κ2) is 9.03. The minimum atomic E-state index is -3.87. The van der Waals surface area contributed by atoms with E-state index >= 15 is 0 Å². The lowest BCUT2D eigenvalue weighted by Crippen LogP contribution is -2.44. The number of ether oxygens (including phenoxy) is 2. The number of nitrogens with one attached hydrogen (secondary N) is 2. The predicted octanol–water partition coefficient (Wildman–Crippen LogP) is 2.76. The average Bonchev–Trinajstić information content (AvgIpc) is 2.80. The van der Waals surface area contributed by atoms with Gasteiger partial charge < -0.3 is 20.1 Å². The van der Waals surface area contributed by atoms with E-state index < -0.39 is 22.0 Å². The minimum absolute atomic E-state index is 0.0860. The molecule has 10 heteroatoms. The van der Waals surface area contributed by atoms with Crippen LogP contribution in [0.5, 0.6) is 11.5 Å². The Bertz CT molecular complexity index is 1200. The highest BCUT2D eigenvalue weighted by Crippen LogP contribution is 2.36. The lowest BCUT2D eigenvalue weighted by Gasteiger charge is -2.32. The van der Waals surface area contributed by atoms with Crippen molar-refractivity contribution in [3.63, 3.8) is 0 Å². The third-order valence-electron chi connectivity index (χ3n) is 5.92. The average molecular weight is 474 g/mol. The number of hydrogen-bond donors (Lipinski definition) is 2. The van der Waals surface area contributed by atoms with Crippen molar-refractivity contribution in [2.24, 2.45) is 5.92 Å². The summed E-state index contributed by atoms with van der Waals surface area (Å²) in [6.45, 7) is 3.69. The van der Waals surface area contributed by atoms with E-state index in [-0.39, 0.29) is 23.3 Å². The van der Waals surface area contributed by atoms with Gasteiger partial charge in [-0.2, -0.15) is 4.31 Å². The van der Waals surface area contributed by atoms with Crippen molar-refractivity contribution in [2.45, 2.75) is 37.7 Å². The monoisotopic (exact) mass is 473 g/mol. The second-order valence-electron chi connectivity index (χ2n) is 8.29. The van der Waals surface area contributed by atoms with Crippen LogP contribution in [-0.2, 0) is 19.6 Å². The summed E-state index contributed by atoms with van der Waals surface area (Å²) in [7, 11) is -2.32. The summed E-state index contributed by atoms with van der Waals surface area (Å²) in [5.74, 6) is -0.0521. The number of hydrogen-bond acceptors (Lipinski definition) is 6. The van der Waals surface area contributed by atoms with Crippen molar-refractivity contribution in [1.29, 1.82) is 0 Å². The number of piperidine rings is 1. The normalized spacial score (nSPS) is 20.9. The topological polar surface area (TPSA) is 114 Å². The lowest BCUT2D eigenvalue weighted by molar-refractivity contribution is -0.123. The van der Waals surface area contributed by atoms with Gasteiger partial charge in [0, 0.05) is 30.9 Å². The van der Waals surface area contributed by atoms with Gasteiger partial charge in [-0.05, 0) is 50.5 Å². The van der Waals surface area contributed by atoms with Gasteiger partial charge in [-0.1, -0.05) is 6.07 Å². The molecule has 2 aliphatic rings. The molecule has 0 bridgehead atoms. The van der Waals surface area contributed by atoms with Crippen molar-refractivity contribution in [3.05, 3.63) is 42.0 Å². The van der Waals surface area contributed by atoms with Crippen LogP contribution in [0.2, 0.25) is 0 Å². The van der Waals surface area contributed by atoms with Crippen LogP contribution in [-0.4, -0.2) is 50.8 Å². The molecule has 2 amide bonds. The number of carbonyl (C=O) groups excluding carboxylic acids is 2. The largest absolute Gasteiger partial charge is 0.497 e. The summed E-state index contributed by atoms with van der Waals surface area (Å²) in [5.41, 5.74) is 1.54. The van der Waals surface area contributed by atoms with Crippen LogP contribution in [0, 0.1) is 12.8 Å². The number of carbonyl (C=O) groups is 2. The fourth-order valence-electron chi connectivity index (χ4n) is 4.08. The minimum Gasteiger partial charge on any atom is -0.497 e. The molecule has 176 valence electrons. The lowest BCUT2D eigenvalue weighted by atomic mass is 9.98. The maximum atomic E-state index is 13.5. The Morgan fingerprint density at radius 2 is 2.06 bits per heavy atom. The van der Waals surface area contributed by atoms with Gasteiger partial charge >= 0.3 is 0 Å².